The molecule has 27 heavy (non-hydrogen) atoms. The zero-order valence-electron chi connectivity index (χ0n) is 15.2. The third kappa shape index (κ3) is 4.74. The minimum absolute atomic E-state index is 0.0380. The highest BCUT2D eigenvalue weighted by atomic mass is 32.1. The van der Waals surface area contributed by atoms with Crippen LogP contribution in [0.25, 0.3) is 0 Å². The molecule has 6 nitrogen and oxygen atoms in total. The molecule has 3 amide bonds. The Morgan fingerprint density at radius 3 is 2.41 bits per heavy atom. The molecule has 1 aliphatic rings. The molecule has 0 unspecified atom stereocenters. The Hall–Kier alpha value is -2.67. The Bertz CT molecular complexity index is 794. The molecule has 1 aliphatic heterocycles. The largest absolute Gasteiger partial charge is 0.352 e. The van der Waals surface area contributed by atoms with Gasteiger partial charge in [0.1, 0.15) is 0 Å². The number of benzene rings is 1. The third-order valence-corrected chi connectivity index (χ3v) is 5.49. The fourth-order valence-corrected chi connectivity index (χ4v) is 3.80. The molecule has 0 atom stereocenters. The van der Waals surface area contributed by atoms with E-state index < -0.39 is 0 Å². The van der Waals surface area contributed by atoms with Gasteiger partial charge in [-0.3, -0.25) is 14.4 Å². The van der Waals surface area contributed by atoms with E-state index in [0.29, 0.717) is 43.7 Å². The lowest BCUT2D eigenvalue weighted by atomic mass is 9.95. The molecular weight excluding hydrogens is 362 g/mol. The zero-order valence-corrected chi connectivity index (χ0v) is 16.1. The van der Waals surface area contributed by atoms with Gasteiger partial charge in [0.15, 0.2) is 0 Å². The van der Waals surface area contributed by atoms with Crippen LogP contribution in [0.1, 0.15) is 39.8 Å². The first-order chi connectivity index (χ1) is 13.1. The second kappa shape index (κ2) is 8.81. The summed E-state index contributed by atoms with van der Waals surface area (Å²) in [7, 11) is 0. The van der Waals surface area contributed by atoms with Gasteiger partial charge in [-0.15, -0.1) is 11.3 Å². The van der Waals surface area contributed by atoms with Gasteiger partial charge in [-0.1, -0.05) is 6.07 Å². The molecule has 1 fully saturated rings. The summed E-state index contributed by atoms with van der Waals surface area (Å²) in [6, 6.07) is 10.6. The van der Waals surface area contributed by atoms with Gasteiger partial charge < -0.3 is 15.5 Å². The number of thiophene rings is 1. The van der Waals surface area contributed by atoms with Crippen molar-refractivity contribution in [2.45, 2.75) is 19.8 Å². The molecule has 2 aromatic rings. The predicted octanol–water partition coefficient (Wildman–Crippen LogP) is 2.99. The van der Waals surface area contributed by atoms with Crippen LogP contribution in [-0.2, 0) is 4.79 Å². The molecule has 2 N–H and O–H groups in total. The van der Waals surface area contributed by atoms with Crippen LogP contribution in [0.3, 0.4) is 0 Å². The number of carbonyl (C=O) groups is 3. The number of amides is 3. The van der Waals surface area contributed by atoms with E-state index in [2.05, 4.69) is 10.6 Å². The monoisotopic (exact) mass is 385 g/mol. The highest BCUT2D eigenvalue weighted by Gasteiger charge is 2.28. The van der Waals surface area contributed by atoms with Crippen molar-refractivity contribution in [1.82, 2.24) is 10.2 Å². The van der Waals surface area contributed by atoms with Crippen molar-refractivity contribution in [2.75, 3.05) is 25.0 Å². The third-order valence-electron chi connectivity index (χ3n) is 4.64. The Labute approximate surface area is 162 Å². The summed E-state index contributed by atoms with van der Waals surface area (Å²) in [6.07, 6.45) is 1.31. The minimum atomic E-state index is -0.127. The number of hydrogen-bond acceptors (Lipinski definition) is 4. The number of piperidine rings is 1. The molecule has 0 bridgehead atoms. The molecule has 1 aromatic heterocycles. The van der Waals surface area contributed by atoms with E-state index in [9.17, 15) is 14.4 Å². The number of hydrogen-bond donors (Lipinski definition) is 2. The lowest BCUT2D eigenvalue weighted by Crippen LogP contribution is -2.41. The standard InChI is InChI=1S/C20H23N3O3S/c1-2-21-18(24)14-5-7-16(8-6-14)22-19(25)15-9-11-23(12-10-15)20(26)17-4-3-13-27-17/h3-8,13,15H,2,9-12H2,1H3,(H,21,24)(H,22,25). The van der Waals surface area contributed by atoms with Crippen LogP contribution in [0, 0.1) is 5.92 Å². The molecule has 7 heteroatoms. The van der Waals surface area contributed by atoms with Crippen LogP contribution in [0.5, 0.6) is 0 Å². The molecule has 2 heterocycles. The zero-order chi connectivity index (χ0) is 19.2. The molecule has 0 aliphatic carbocycles. The molecule has 142 valence electrons. The SMILES string of the molecule is CCNC(=O)c1ccc(NC(=O)C2CCN(C(=O)c3cccs3)CC2)cc1. The van der Waals surface area contributed by atoms with Crippen LogP contribution in [0.4, 0.5) is 5.69 Å². The summed E-state index contributed by atoms with van der Waals surface area (Å²) >= 11 is 1.44. The number of nitrogens with zero attached hydrogens (tertiary/aromatic N) is 1. The topological polar surface area (TPSA) is 78.5 Å². The summed E-state index contributed by atoms with van der Waals surface area (Å²) < 4.78 is 0. The summed E-state index contributed by atoms with van der Waals surface area (Å²) in [5.41, 5.74) is 1.24. The van der Waals surface area contributed by atoms with Gasteiger partial charge in [-0.25, -0.2) is 0 Å². The Balaban J connectivity index is 1.51. The minimum Gasteiger partial charge on any atom is -0.352 e. The van der Waals surface area contributed by atoms with E-state index in [1.165, 1.54) is 11.3 Å². The summed E-state index contributed by atoms with van der Waals surface area (Å²) in [4.78, 5) is 39.2. The van der Waals surface area contributed by atoms with Crippen LogP contribution < -0.4 is 10.6 Å². The van der Waals surface area contributed by atoms with Gasteiger partial charge in [0.2, 0.25) is 5.91 Å². The van der Waals surface area contributed by atoms with Crippen molar-refractivity contribution < 1.29 is 14.4 Å². The van der Waals surface area contributed by atoms with Gasteiger partial charge in [-0.2, -0.15) is 0 Å². The van der Waals surface area contributed by atoms with Crippen molar-refractivity contribution in [3.8, 4) is 0 Å². The first kappa shape index (κ1) is 19.1. The van der Waals surface area contributed by atoms with Crippen molar-refractivity contribution in [1.29, 1.82) is 0 Å². The number of rotatable bonds is 5. The van der Waals surface area contributed by atoms with Gasteiger partial charge in [-0.05, 0) is 55.5 Å². The van der Waals surface area contributed by atoms with Crippen LogP contribution >= 0.6 is 11.3 Å². The van der Waals surface area contributed by atoms with Crippen molar-refractivity contribution in [3.05, 3.63) is 52.2 Å². The smallest absolute Gasteiger partial charge is 0.263 e. The van der Waals surface area contributed by atoms with E-state index in [1.807, 2.05) is 29.3 Å². The van der Waals surface area contributed by atoms with E-state index in [-0.39, 0.29) is 23.6 Å². The summed E-state index contributed by atoms with van der Waals surface area (Å²) in [5, 5.41) is 7.54. The van der Waals surface area contributed by atoms with Crippen LogP contribution in [0.2, 0.25) is 0 Å². The maximum absolute atomic E-state index is 12.5. The van der Waals surface area contributed by atoms with Crippen molar-refractivity contribution in [2.24, 2.45) is 5.92 Å². The maximum Gasteiger partial charge on any atom is 0.263 e. The van der Waals surface area contributed by atoms with E-state index >= 15 is 0 Å². The second-order valence-corrected chi connectivity index (χ2v) is 7.42. The first-order valence-electron chi connectivity index (χ1n) is 9.10. The number of carbonyl (C=O) groups excluding carboxylic acids is 3. The highest BCUT2D eigenvalue weighted by molar-refractivity contribution is 7.12. The average molecular weight is 385 g/mol. The lowest BCUT2D eigenvalue weighted by molar-refractivity contribution is -0.121. The first-order valence-corrected chi connectivity index (χ1v) is 9.98. The van der Waals surface area contributed by atoms with E-state index in [1.54, 1.807) is 24.3 Å². The van der Waals surface area contributed by atoms with Gasteiger partial charge in [0.05, 0.1) is 4.88 Å². The molecule has 3 rings (SSSR count). The normalized spacial score (nSPS) is 14.6. The number of anilines is 1. The van der Waals surface area contributed by atoms with Crippen LogP contribution in [0.15, 0.2) is 41.8 Å². The molecule has 0 radical (unpaired) electrons. The highest BCUT2D eigenvalue weighted by Crippen LogP contribution is 2.22. The number of nitrogens with one attached hydrogen (secondary N) is 2. The van der Waals surface area contributed by atoms with Gasteiger partial charge >= 0.3 is 0 Å². The fourth-order valence-electron chi connectivity index (χ4n) is 3.11. The molecule has 0 saturated carbocycles. The van der Waals surface area contributed by atoms with Crippen LogP contribution in [-0.4, -0.2) is 42.3 Å². The summed E-state index contributed by atoms with van der Waals surface area (Å²) in [6.45, 7) is 3.62. The van der Waals surface area contributed by atoms with Crippen molar-refractivity contribution in [3.63, 3.8) is 0 Å². The lowest BCUT2D eigenvalue weighted by Gasteiger charge is -2.31. The molecule has 1 saturated heterocycles. The Kier molecular flexibility index (Phi) is 6.24. The van der Waals surface area contributed by atoms with E-state index in [0.717, 1.165) is 4.88 Å². The van der Waals surface area contributed by atoms with Crippen molar-refractivity contribution >= 4 is 34.7 Å². The number of likely N-dealkylation sites (tertiary alicyclic amines) is 1. The molecular formula is C20H23N3O3S. The Morgan fingerprint density at radius 1 is 1.11 bits per heavy atom. The Morgan fingerprint density at radius 2 is 1.81 bits per heavy atom. The summed E-state index contributed by atoms with van der Waals surface area (Å²) in [5.74, 6) is -0.229. The average Bonchev–Trinajstić information content (AvgIpc) is 3.23. The quantitative estimate of drug-likeness (QED) is 0.830. The fraction of sp³-hybridized carbons (Fsp3) is 0.350. The maximum atomic E-state index is 12.5. The van der Waals surface area contributed by atoms with Gasteiger partial charge in [0.25, 0.3) is 11.8 Å². The molecule has 1 aromatic carbocycles. The second-order valence-electron chi connectivity index (χ2n) is 6.47. The molecule has 0 spiro atoms. The predicted molar refractivity (Wildman–Crippen MR) is 106 cm³/mol. The van der Waals surface area contributed by atoms with Gasteiger partial charge in [0, 0.05) is 36.8 Å². The van der Waals surface area contributed by atoms with E-state index in [4.69, 9.17) is 0 Å².